The maximum Gasteiger partial charge on any atom is 0.344 e. The largest absolute Gasteiger partial charge is 0.493 e. The zero-order valence-corrected chi connectivity index (χ0v) is 21.9. The fraction of sp³-hybridized carbons (Fsp3) is 0.200. The third kappa shape index (κ3) is 3.85. The van der Waals surface area contributed by atoms with Gasteiger partial charge in [-0.25, -0.2) is 9.59 Å². The predicted octanol–water partition coefficient (Wildman–Crippen LogP) is 5.88. The number of ether oxygens (including phenoxy) is 4. The minimum Gasteiger partial charge on any atom is -0.493 e. The van der Waals surface area contributed by atoms with Crippen LogP contribution in [0.15, 0.2) is 67.0 Å². The highest BCUT2D eigenvalue weighted by atomic mass is 16.5. The van der Waals surface area contributed by atoms with Gasteiger partial charge in [0.05, 0.1) is 45.0 Å². The van der Waals surface area contributed by atoms with Gasteiger partial charge >= 0.3 is 11.3 Å². The second kappa shape index (κ2) is 9.63. The van der Waals surface area contributed by atoms with E-state index in [1.165, 1.54) is 14.2 Å². The smallest absolute Gasteiger partial charge is 0.344 e. The Balaban J connectivity index is 1.79. The first-order chi connectivity index (χ1) is 18.3. The minimum absolute atomic E-state index is 0.325. The van der Waals surface area contributed by atoms with Crippen LogP contribution in [0.5, 0.6) is 23.0 Å². The third-order valence-corrected chi connectivity index (χ3v) is 6.80. The van der Waals surface area contributed by atoms with Crippen LogP contribution in [0.4, 0.5) is 0 Å². The van der Waals surface area contributed by atoms with Crippen LogP contribution in [0.2, 0.25) is 0 Å². The van der Waals surface area contributed by atoms with Crippen LogP contribution in [-0.4, -0.2) is 28.4 Å². The van der Waals surface area contributed by atoms with Crippen LogP contribution in [0.3, 0.4) is 0 Å². The van der Waals surface area contributed by atoms with E-state index in [-0.39, 0.29) is 0 Å². The Kier molecular flexibility index (Phi) is 6.32. The molecule has 0 spiro atoms. The fourth-order valence-electron chi connectivity index (χ4n) is 4.92. The van der Waals surface area contributed by atoms with Crippen LogP contribution in [0.1, 0.15) is 11.1 Å². The quantitative estimate of drug-likeness (QED) is 0.205. The lowest BCUT2D eigenvalue weighted by Crippen LogP contribution is -2.09. The van der Waals surface area contributed by atoms with Crippen molar-refractivity contribution in [1.29, 1.82) is 0 Å². The Morgan fingerprint density at radius 3 is 1.61 bits per heavy atom. The summed E-state index contributed by atoms with van der Waals surface area (Å²) in [5.41, 5.74) is 2.97. The van der Waals surface area contributed by atoms with Crippen LogP contribution in [-0.2, 0) is 0 Å². The molecule has 0 saturated carbocycles. The average Bonchev–Trinajstić information content (AvgIpc) is 2.92. The van der Waals surface area contributed by atoms with Gasteiger partial charge in [0.1, 0.15) is 11.2 Å². The second-order valence-electron chi connectivity index (χ2n) is 8.73. The van der Waals surface area contributed by atoms with Crippen molar-refractivity contribution < 1.29 is 27.8 Å². The SMILES string of the molecule is COc1ccc(-c2c(C)c3ccc4oc(=O)c(-c5ccc(OC)c(OC)c5)c(C)c4c3oc2=O)cc1OC. The molecule has 2 aromatic heterocycles. The van der Waals surface area contributed by atoms with E-state index in [2.05, 4.69) is 0 Å². The van der Waals surface area contributed by atoms with E-state index in [1.807, 2.05) is 13.8 Å². The van der Waals surface area contributed by atoms with Crippen molar-refractivity contribution in [2.75, 3.05) is 28.4 Å². The van der Waals surface area contributed by atoms with Gasteiger partial charge in [-0.15, -0.1) is 0 Å². The molecule has 5 rings (SSSR count). The topological polar surface area (TPSA) is 97.3 Å². The highest BCUT2D eigenvalue weighted by Crippen LogP contribution is 2.38. The Morgan fingerprint density at radius 2 is 1.08 bits per heavy atom. The molecule has 0 radical (unpaired) electrons. The number of hydrogen-bond donors (Lipinski definition) is 0. The van der Waals surface area contributed by atoms with E-state index in [1.54, 1.807) is 62.8 Å². The van der Waals surface area contributed by atoms with Crippen molar-refractivity contribution in [2.45, 2.75) is 13.8 Å². The maximum absolute atomic E-state index is 13.4. The highest BCUT2D eigenvalue weighted by Gasteiger charge is 2.22. The van der Waals surface area contributed by atoms with E-state index in [4.69, 9.17) is 27.8 Å². The Hall–Kier alpha value is -4.72. The minimum atomic E-state index is -0.520. The average molecular weight is 515 g/mol. The summed E-state index contributed by atoms with van der Waals surface area (Å²) >= 11 is 0. The first-order valence-corrected chi connectivity index (χ1v) is 11.8. The molecule has 0 aliphatic rings. The van der Waals surface area contributed by atoms with Crippen LogP contribution < -0.4 is 30.2 Å². The molecular weight excluding hydrogens is 488 g/mol. The van der Waals surface area contributed by atoms with Gasteiger partial charge in [0.25, 0.3) is 0 Å². The number of hydrogen-bond acceptors (Lipinski definition) is 8. The zero-order valence-electron chi connectivity index (χ0n) is 21.9. The summed E-state index contributed by atoms with van der Waals surface area (Å²) in [7, 11) is 6.16. The summed E-state index contributed by atoms with van der Waals surface area (Å²) in [4.78, 5) is 26.5. The summed E-state index contributed by atoms with van der Waals surface area (Å²) in [5, 5.41) is 1.27. The summed E-state index contributed by atoms with van der Waals surface area (Å²) in [6.45, 7) is 3.67. The summed E-state index contributed by atoms with van der Waals surface area (Å²) in [5.74, 6) is 2.07. The van der Waals surface area contributed by atoms with Gasteiger partial charge in [-0.3, -0.25) is 0 Å². The molecule has 8 heteroatoms. The maximum atomic E-state index is 13.4. The molecule has 5 aromatic rings. The molecule has 194 valence electrons. The first kappa shape index (κ1) is 25.0. The molecule has 2 heterocycles. The predicted molar refractivity (Wildman–Crippen MR) is 145 cm³/mol. The van der Waals surface area contributed by atoms with Crippen molar-refractivity contribution >= 4 is 21.9 Å². The Bertz CT molecular complexity index is 1830. The fourth-order valence-corrected chi connectivity index (χ4v) is 4.92. The number of aryl methyl sites for hydroxylation is 2. The summed E-state index contributed by atoms with van der Waals surface area (Å²) in [6.07, 6.45) is 0. The van der Waals surface area contributed by atoms with Gasteiger partial charge in [-0.05, 0) is 72.5 Å². The zero-order chi connectivity index (χ0) is 27.1. The van der Waals surface area contributed by atoms with Crippen molar-refractivity contribution in [3.8, 4) is 45.3 Å². The number of fused-ring (bicyclic) bond motifs is 3. The van der Waals surface area contributed by atoms with Gasteiger partial charge < -0.3 is 27.8 Å². The van der Waals surface area contributed by atoms with Gasteiger partial charge in [-0.1, -0.05) is 12.1 Å². The van der Waals surface area contributed by atoms with Crippen LogP contribution in [0.25, 0.3) is 44.2 Å². The van der Waals surface area contributed by atoms with Gasteiger partial charge in [0, 0.05) is 5.39 Å². The number of methoxy groups -OCH3 is 4. The molecule has 0 atom stereocenters. The van der Waals surface area contributed by atoms with Crippen molar-refractivity contribution in [1.82, 2.24) is 0 Å². The van der Waals surface area contributed by atoms with E-state index in [0.717, 1.165) is 10.9 Å². The first-order valence-electron chi connectivity index (χ1n) is 11.8. The van der Waals surface area contributed by atoms with E-state index < -0.39 is 11.3 Å². The van der Waals surface area contributed by atoms with Crippen molar-refractivity contribution in [3.05, 3.63) is 80.5 Å². The molecule has 0 unspecified atom stereocenters. The normalized spacial score (nSPS) is 11.1. The molecule has 38 heavy (non-hydrogen) atoms. The molecule has 0 bridgehead atoms. The van der Waals surface area contributed by atoms with E-state index >= 15 is 0 Å². The molecular formula is C30H26O8. The molecule has 0 aliphatic heterocycles. The number of rotatable bonds is 6. The molecule has 0 aliphatic carbocycles. The molecule has 8 nitrogen and oxygen atoms in total. The van der Waals surface area contributed by atoms with Crippen LogP contribution in [0, 0.1) is 13.8 Å². The summed E-state index contributed by atoms with van der Waals surface area (Å²) < 4.78 is 33.1. The molecule has 0 fully saturated rings. The number of benzene rings is 3. The van der Waals surface area contributed by atoms with Crippen LogP contribution >= 0.6 is 0 Å². The standard InChI is InChI=1S/C30H26O8/c1-15-19-9-12-22-27(16(2)26(29(31)37-22)18-8-11-21(34-4)24(14-18)36-6)28(19)38-30(32)25(15)17-7-10-20(33-3)23(13-17)35-5/h7-14H,1-6H3. The van der Waals surface area contributed by atoms with Gasteiger partial charge in [0.2, 0.25) is 0 Å². The van der Waals surface area contributed by atoms with E-state index in [9.17, 15) is 9.59 Å². The third-order valence-electron chi connectivity index (χ3n) is 6.80. The molecule has 0 N–H and O–H groups in total. The molecule has 3 aromatic carbocycles. The molecule has 0 amide bonds. The lowest BCUT2D eigenvalue weighted by atomic mass is 9.95. The Morgan fingerprint density at radius 1 is 0.579 bits per heavy atom. The lowest BCUT2D eigenvalue weighted by molar-refractivity contribution is 0.355. The second-order valence-corrected chi connectivity index (χ2v) is 8.73. The lowest BCUT2D eigenvalue weighted by Gasteiger charge is -2.14. The monoisotopic (exact) mass is 514 g/mol. The van der Waals surface area contributed by atoms with Gasteiger partial charge in [0.15, 0.2) is 23.0 Å². The highest BCUT2D eigenvalue weighted by molar-refractivity contribution is 6.07. The van der Waals surface area contributed by atoms with E-state index in [0.29, 0.717) is 67.4 Å². The Labute approximate surface area is 217 Å². The van der Waals surface area contributed by atoms with Gasteiger partial charge in [-0.2, -0.15) is 0 Å². The van der Waals surface area contributed by atoms with Crippen molar-refractivity contribution in [3.63, 3.8) is 0 Å². The van der Waals surface area contributed by atoms with Crippen molar-refractivity contribution in [2.24, 2.45) is 0 Å². The molecule has 0 saturated heterocycles. The summed E-state index contributed by atoms with van der Waals surface area (Å²) in [6, 6.07) is 14.0.